The van der Waals surface area contributed by atoms with Crippen LogP contribution in [0.15, 0.2) is 0 Å². The number of piperidine rings is 1. The van der Waals surface area contributed by atoms with Gasteiger partial charge >= 0.3 is 5.97 Å². The van der Waals surface area contributed by atoms with Crippen molar-refractivity contribution in [3.05, 3.63) is 22.5 Å². The van der Waals surface area contributed by atoms with E-state index in [2.05, 4.69) is 9.88 Å². The van der Waals surface area contributed by atoms with E-state index >= 15 is 0 Å². The Morgan fingerprint density at radius 2 is 1.80 bits per heavy atom. The molecule has 5 nitrogen and oxygen atoms in total. The van der Waals surface area contributed by atoms with Crippen LogP contribution in [0.1, 0.15) is 84.5 Å². The molecular formula is C20H30N2O3. The first-order valence-corrected chi connectivity index (χ1v) is 9.61. The van der Waals surface area contributed by atoms with Crippen molar-refractivity contribution >= 4 is 11.9 Å². The number of fused-ring (bicyclic) bond motifs is 1. The molecule has 0 spiro atoms. The summed E-state index contributed by atoms with van der Waals surface area (Å²) < 4.78 is 5.34. The van der Waals surface area contributed by atoms with E-state index < -0.39 is 0 Å². The summed E-state index contributed by atoms with van der Waals surface area (Å²) in [6.07, 6.45) is 6.98. The zero-order valence-electron chi connectivity index (χ0n) is 15.9. The Morgan fingerprint density at radius 1 is 1.12 bits per heavy atom. The van der Waals surface area contributed by atoms with Crippen LogP contribution in [0.5, 0.6) is 0 Å². The number of amides is 1. The predicted octanol–water partition coefficient (Wildman–Crippen LogP) is 3.99. The Kier molecular flexibility index (Phi) is 5.21. The summed E-state index contributed by atoms with van der Waals surface area (Å²) >= 11 is 0. The van der Waals surface area contributed by atoms with Crippen molar-refractivity contribution in [1.82, 2.24) is 9.88 Å². The molecule has 2 aliphatic rings. The van der Waals surface area contributed by atoms with Crippen molar-refractivity contribution in [2.24, 2.45) is 5.92 Å². The zero-order valence-corrected chi connectivity index (χ0v) is 15.9. The number of aromatic amines is 1. The number of ether oxygens (including phenoxy) is 1. The Morgan fingerprint density at radius 3 is 2.52 bits per heavy atom. The number of hydrogen-bond donors (Lipinski definition) is 1. The zero-order chi connectivity index (χ0) is 18.1. The van der Waals surface area contributed by atoms with Gasteiger partial charge in [-0.2, -0.15) is 0 Å². The van der Waals surface area contributed by atoms with Gasteiger partial charge in [0.2, 0.25) is 0 Å². The second kappa shape index (κ2) is 7.22. The summed E-state index contributed by atoms with van der Waals surface area (Å²) in [7, 11) is 0. The van der Waals surface area contributed by atoms with Gasteiger partial charge in [-0.25, -0.2) is 4.79 Å². The van der Waals surface area contributed by atoms with Crippen molar-refractivity contribution in [3.63, 3.8) is 0 Å². The van der Waals surface area contributed by atoms with Gasteiger partial charge in [-0.05, 0) is 64.9 Å². The highest BCUT2D eigenvalue weighted by atomic mass is 16.5. The van der Waals surface area contributed by atoms with Crippen molar-refractivity contribution < 1.29 is 14.3 Å². The molecular weight excluding hydrogens is 316 g/mol. The molecule has 1 aromatic rings. The van der Waals surface area contributed by atoms with E-state index in [4.69, 9.17) is 4.74 Å². The standard InChI is InChI=1S/C20H30N2O3/c1-12(2)25-20(24)17-13(3)18(21-14(17)4)19(23)22-11-7-9-15-8-5-6-10-16(15)22/h12,15-16,21H,5-11H2,1-4H3/t15-,16-/m0/s1. The van der Waals surface area contributed by atoms with Gasteiger partial charge in [0.1, 0.15) is 5.69 Å². The van der Waals surface area contributed by atoms with Crippen LogP contribution in [0.25, 0.3) is 0 Å². The normalized spacial score (nSPS) is 23.5. The van der Waals surface area contributed by atoms with Gasteiger partial charge in [0, 0.05) is 18.3 Å². The van der Waals surface area contributed by atoms with E-state index in [1.165, 1.54) is 25.7 Å². The highest BCUT2D eigenvalue weighted by molar-refractivity contribution is 6.00. The number of esters is 1. The van der Waals surface area contributed by atoms with Gasteiger partial charge in [0.15, 0.2) is 0 Å². The van der Waals surface area contributed by atoms with Gasteiger partial charge in [0.25, 0.3) is 5.91 Å². The Hall–Kier alpha value is -1.78. The molecule has 2 fully saturated rings. The lowest BCUT2D eigenvalue weighted by Gasteiger charge is -2.44. The van der Waals surface area contributed by atoms with E-state index in [1.807, 2.05) is 27.7 Å². The van der Waals surface area contributed by atoms with Crippen LogP contribution in [-0.2, 0) is 4.74 Å². The molecule has 2 heterocycles. The fraction of sp³-hybridized carbons (Fsp3) is 0.700. The Labute approximate surface area is 150 Å². The summed E-state index contributed by atoms with van der Waals surface area (Å²) in [6.45, 7) is 8.16. The highest BCUT2D eigenvalue weighted by Crippen LogP contribution is 2.36. The maximum Gasteiger partial charge on any atom is 0.340 e. The number of nitrogens with one attached hydrogen (secondary N) is 1. The molecule has 1 aliphatic heterocycles. The minimum absolute atomic E-state index is 0.0424. The van der Waals surface area contributed by atoms with E-state index in [0.717, 1.165) is 19.4 Å². The molecule has 0 bridgehead atoms. The average molecular weight is 346 g/mol. The lowest BCUT2D eigenvalue weighted by atomic mass is 9.78. The number of rotatable bonds is 3. The van der Waals surface area contributed by atoms with Crippen molar-refractivity contribution in [2.45, 2.75) is 78.4 Å². The number of aryl methyl sites for hydroxylation is 1. The van der Waals surface area contributed by atoms with Gasteiger partial charge in [-0.15, -0.1) is 0 Å². The molecule has 0 unspecified atom stereocenters. The van der Waals surface area contributed by atoms with Crippen LogP contribution in [0.2, 0.25) is 0 Å². The fourth-order valence-electron chi connectivity index (χ4n) is 4.56. The van der Waals surface area contributed by atoms with Gasteiger partial charge < -0.3 is 14.6 Å². The SMILES string of the molecule is Cc1[nH]c(C(=O)N2CCC[C@@H]3CCCC[C@@H]32)c(C)c1C(=O)OC(C)C. The summed E-state index contributed by atoms with van der Waals surface area (Å²) in [5.74, 6) is 0.337. The van der Waals surface area contributed by atoms with E-state index in [9.17, 15) is 9.59 Å². The second-order valence-corrected chi connectivity index (χ2v) is 7.83. The van der Waals surface area contributed by atoms with Crippen LogP contribution in [0.3, 0.4) is 0 Å². The Balaban J connectivity index is 1.86. The molecule has 5 heteroatoms. The Bertz CT molecular complexity index is 660. The van der Waals surface area contributed by atoms with Crippen molar-refractivity contribution in [1.29, 1.82) is 0 Å². The van der Waals surface area contributed by atoms with Crippen molar-refractivity contribution in [3.8, 4) is 0 Å². The number of likely N-dealkylation sites (tertiary alicyclic amines) is 1. The number of H-pyrrole nitrogens is 1. The monoisotopic (exact) mass is 346 g/mol. The smallest absolute Gasteiger partial charge is 0.340 e. The topological polar surface area (TPSA) is 62.4 Å². The molecule has 1 aromatic heterocycles. The minimum Gasteiger partial charge on any atom is -0.459 e. The van der Waals surface area contributed by atoms with Gasteiger partial charge in [-0.1, -0.05) is 12.8 Å². The minimum atomic E-state index is -0.352. The third kappa shape index (κ3) is 3.46. The first-order chi connectivity index (χ1) is 11.9. The molecule has 1 saturated carbocycles. The van der Waals surface area contributed by atoms with Gasteiger partial charge in [0.05, 0.1) is 11.7 Å². The maximum absolute atomic E-state index is 13.2. The molecule has 138 valence electrons. The third-order valence-electron chi connectivity index (χ3n) is 5.70. The molecule has 1 aliphatic carbocycles. The second-order valence-electron chi connectivity index (χ2n) is 7.83. The lowest BCUT2D eigenvalue weighted by Crippen LogP contribution is -2.49. The summed E-state index contributed by atoms with van der Waals surface area (Å²) in [5, 5.41) is 0. The first kappa shape index (κ1) is 18.0. The highest BCUT2D eigenvalue weighted by Gasteiger charge is 2.37. The van der Waals surface area contributed by atoms with Crippen LogP contribution in [0.4, 0.5) is 0 Å². The molecule has 1 saturated heterocycles. The first-order valence-electron chi connectivity index (χ1n) is 9.61. The summed E-state index contributed by atoms with van der Waals surface area (Å²) in [4.78, 5) is 30.8. The number of carbonyl (C=O) groups excluding carboxylic acids is 2. The molecule has 3 rings (SSSR count). The third-order valence-corrected chi connectivity index (χ3v) is 5.70. The van der Waals surface area contributed by atoms with E-state index in [0.29, 0.717) is 34.5 Å². The van der Waals surface area contributed by atoms with Crippen LogP contribution < -0.4 is 0 Å². The van der Waals surface area contributed by atoms with Gasteiger partial charge in [-0.3, -0.25) is 4.79 Å². The summed E-state index contributed by atoms with van der Waals surface area (Å²) in [6, 6.07) is 0.365. The van der Waals surface area contributed by atoms with Crippen LogP contribution in [0, 0.1) is 19.8 Å². The quantitative estimate of drug-likeness (QED) is 0.842. The largest absolute Gasteiger partial charge is 0.459 e. The van der Waals surface area contributed by atoms with Crippen molar-refractivity contribution in [2.75, 3.05) is 6.54 Å². The molecule has 25 heavy (non-hydrogen) atoms. The molecule has 1 N–H and O–H groups in total. The number of aromatic nitrogens is 1. The average Bonchev–Trinajstić information content (AvgIpc) is 2.87. The van der Waals surface area contributed by atoms with Crippen LogP contribution >= 0.6 is 0 Å². The number of carbonyl (C=O) groups is 2. The lowest BCUT2D eigenvalue weighted by molar-refractivity contribution is 0.0376. The van der Waals surface area contributed by atoms with E-state index in [-0.39, 0.29) is 18.0 Å². The fourth-order valence-corrected chi connectivity index (χ4v) is 4.56. The summed E-state index contributed by atoms with van der Waals surface area (Å²) in [5.41, 5.74) is 2.49. The molecule has 0 aromatic carbocycles. The van der Waals surface area contributed by atoms with Crippen LogP contribution in [-0.4, -0.2) is 40.5 Å². The molecule has 1 amide bonds. The molecule has 0 radical (unpaired) electrons. The number of hydrogen-bond acceptors (Lipinski definition) is 3. The number of nitrogens with zero attached hydrogens (tertiary/aromatic N) is 1. The predicted molar refractivity (Wildman–Crippen MR) is 96.8 cm³/mol. The molecule has 2 atom stereocenters. The van der Waals surface area contributed by atoms with E-state index in [1.54, 1.807) is 0 Å². The maximum atomic E-state index is 13.2.